The van der Waals surface area contributed by atoms with Gasteiger partial charge in [0.05, 0.1) is 0 Å². The highest BCUT2D eigenvalue weighted by Gasteiger charge is 2.43. The van der Waals surface area contributed by atoms with Crippen LogP contribution in [0.5, 0.6) is 0 Å². The van der Waals surface area contributed by atoms with Crippen LogP contribution in [-0.4, -0.2) is 6.04 Å². The third-order valence-corrected chi connectivity index (χ3v) is 4.39. The quantitative estimate of drug-likeness (QED) is 0.711. The first-order valence-corrected chi connectivity index (χ1v) is 6.04. The Kier molecular flexibility index (Phi) is 2.64. The van der Waals surface area contributed by atoms with E-state index in [0.29, 0.717) is 11.5 Å². The Morgan fingerprint density at radius 2 is 1.85 bits per heavy atom. The van der Waals surface area contributed by atoms with Crippen molar-refractivity contribution in [3.63, 3.8) is 0 Å². The standard InChI is InChI=1S/C12H23N/c1-2-12(8-4-3-5-9-12)11(13)10-6-7-10/h10-11H,2-9,13H2,1H3. The van der Waals surface area contributed by atoms with E-state index in [1.54, 1.807) is 0 Å². The van der Waals surface area contributed by atoms with Crippen LogP contribution >= 0.6 is 0 Å². The van der Waals surface area contributed by atoms with Crippen LogP contribution in [0.3, 0.4) is 0 Å². The Morgan fingerprint density at radius 3 is 2.31 bits per heavy atom. The minimum atomic E-state index is 0.526. The molecule has 0 amide bonds. The van der Waals surface area contributed by atoms with E-state index in [-0.39, 0.29) is 0 Å². The van der Waals surface area contributed by atoms with Gasteiger partial charge in [-0.05, 0) is 43.4 Å². The summed E-state index contributed by atoms with van der Waals surface area (Å²) >= 11 is 0. The second-order valence-electron chi connectivity index (χ2n) is 5.14. The van der Waals surface area contributed by atoms with Crippen LogP contribution in [-0.2, 0) is 0 Å². The molecule has 2 rings (SSSR count). The van der Waals surface area contributed by atoms with Crippen molar-refractivity contribution in [2.24, 2.45) is 17.1 Å². The molecular weight excluding hydrogens is 158 g/mol. The monoisotopic (exact) mass is 181 g/mol. The number of hydrogen-bond donors (Lipinski definition) is 1. The minimum Gasteiger partial charge on any atom is -0.327 e. The molecule has 0 bridgehead atoms. The van der Waals surface area contributed by atoms with E-state index < -0.39 is 0 Å². The van der Waals surface area contributed by atoms with E-state index in [4.69, 9.17) is 5.73 Å². The molecular formula is C12H23N. The highest BCUT2D eigenvalue weighted by atomic mass is 14.7. The van der Waals surface area contributed by atoms with Crippen LogP contribution < -0.4 is 5.73 Å². The third-order valence-electron chi connectivity index (χ3n) is 4.39. The topological polar surface area (TPSA) is 26.0 Å². The van der Waals surface area contributed by atoms with Crippen LogP contribution in [0, 0.1) is 11.3 Å². The summed E-state index contributed by atoms with van der Waals surface area (Å²) in [5.41, 5.74) is 6.94. The third kappa shape index (κ3) is 1.76. The van der Waals surface area contributed by atoms with E-state index in [9.17, 15) is 0 Å². The maximum atomic E-state index is 6.40. The molecule has 0 aromatic heterocycles. The molecule has 76 valence electrons. The van der Waals surface area contributed by atoms with Gasteiger partial charge < -0.3 is 5.73 Å². The van der Waals surface area contributed by atoms with Crippen molar-refractivity contribution in [3.05, 3.63) is 0 Å². The van der Waals surface area contributed by atoms with Crippen molar-refractivity contribution in [3.8, 4) is 0 Å². The Morgan fingerprint density at radius 1 is 1.23 bits per heavy atom. The first-order valence-electron chi connectivity index (χ1n) is 6.04. The average Bonchev–Trinajstić information content (AvgIpc) is 3.01. The second-order valence-corrected chi connectivity index (χ2v) is 5.14. The smallest absolute Gasteiger partial charge is 0.0124 e. The van der Waals surface area contributed by atoms with Gasteiger partial charge in [0.15, 0.2) is 0 Å². The van der Waals surface area contributed by atoms with Crippen molar-refractivity contribution in [2.45, 2.75) is 64.3 Å². The van der Waals surface area contributed by atoms with Gasteiger partial charge in [0.2, 0.25) is 0 Å². The average molecular weight is 181 g/mol. The summed E-state index contributed by atoms with van der Waals surface area (Å²) in [6.07, 6.45) is 11.2. The molecule has 0 heterocycles. The summed E-state index contributed by atoms with van der Waals surface area (Å²) in [5, 5.41) is 0. The summed E-state index contributed by atoms with van der Waals surface area (Å²) in [6.45, 7) is 2.34. The molecule has 2 fully saturated rings. The molecule has 0 saturated heterocycles. The lowest BCUT2D eigenvalue weighted by Crippen LogP contribution is -2.44. The van der Waals surface area contributed by atoms with E-state index in [0.717, 1.165) is 5.92 Å². The minimum absolute atomic E-state index is 0.526. The molecule has 0 spiro atoms. The number of hydrogen-bond acceptors (Lipinski definition) is 1. The highest BCUT2D eigenvalue weighted by Crippen LogP contribution is 2.48. The highest BCUT2D eigenvalue weighted by molar-refractivity contribution is 4.98. The molecule has 1 heteroatoms. The van der Waals surface area contributed by atoms with E-state index in [2.05, 4.69) is 6.92 Å². The summed E-state index contributed by atoms with van der Waals surface area (Å²) in [6, 6.07) is 0.526. The fourth-order valence-corrected chi connectivity index (χ4v) is 3.13. The molecule has 1 atom stereocenters. The molecule has 1 unspecified atom stereocenters. The molecule has 2 aliphatic rings. The molecule has 2 aliphatic carbocycles. The van der Waals surface area contributed by atoms with E-state index >= 15 is 0 Å². The van der Waals surface area contributed by atoms with Gasteiger partial charge in [-0.2, -0.15) is 0 Å². The molecule has 2 N–H and O–H groups in total. The van der Waals surface area contributed by atoms with Gasteiger partial charge in [-0.3, -0.25) is 0 Å². The molecule has 0 aromatic carbocycles. The lowest BCUT2D eigenvalue weighted by atomic mass is 9.66. The molecule has 0 aromatic rings. The Hall–Kier alpha value is -0.0400. The summed E-state index contributed by atoms with van der Waals surface area (Å²) in [4.78, 5) is 0. The molecule has 2 saturated carbocycles. The lowest BCUT2D eigenvalue weighted by Gasteiger charge is -2.41. The normalized spacial score (nSPS) is 30.0. The van der Waals surface area contributed by atoms with E-state index in [1.165, 1.54) is 51.4 Å². The van der Waals surface area contributed by atoms with Crippen LogP contribution in [0.1, 0.15) is 58.3 Å². The maximum absolute atomic E-state index is 6.40. The zero-order valence-electron chi connectivity index (χ0n) is 8.89. The fourth-order valence-electron chi connectivity index (χ4n) is 3.13. The van der Waals surface area contributed by atoms with Crippen molar-refractivity contribution >= 4 is 0 Å². The Balaban J connectivity index is 2.02. The van der Waals surface area contributed by atoms with Crippen molar-refractivity contribution < 1.29 is 0 Å². The second kappa shape index (κ2) is 3.61. The van der Waals surface area contributed by atoms with Gasteiger partial charge in [0, 0.05) is 6.04 Å². The van der Waals surface area contributed by atoms with Crippen LogP contribution in [0.15, 0.2) is 0 Å². The van der Waals surface area contributed by atoms with Gasteiger partial charge >= 0.3 is 0 Å². The largest absolute Gasteiger partial charge is 0.327 e. The number of nitrogens with two attached hydrogens (primary N) is 1. The van der Waals surface area contributed by atoms with Crippen molar-refractivity contribution in [1.29, 1.82) is 0 Å². The lowest BCUT2D eigenvalue weighted by molar-refractivity contribution is 0.125. The molecule has 0 radical (unpaired) electrons. The van der Waals surface area contributed by atoms with Crippen molar-refractivity contribution in [2.75, 3.05) is 0 Å². The summed E-state index contributed by atoms with van der Waals surface area (Å²) in [5.74, 6) is 0.887. The maximum Gasteiger partial charge on any atom is 0.0124 e. The van der Waals surface area contributed by atoms with Gasteiger partial charge in [0.1, 0.15) is 0 Å². The first-order chi connectivity index (χ1) is 6.28. The van der Waals surface area contributed by atoms with Crippen LogP contribution in [0.25, 0.3) is 0 Å². The van der Waals surface area contributed by atoms with Gasteiger partial charge in [0.25, 0.3) is 0 Å². The van der Waals surface area contributed by atoms with Crippen LogP contribution in [0.2, 0.25) is 0 Å². The SMILES string of the molecule is CCC1(C(N)C2CC2)CCCCC1. The van der Waals surface area contributed by atoms with Crippen molar-refractivity contribution in [1.82, 2.24) is 0 Å². The predicted molar refractivity (Wildman–Crippen MR) is 56.5 cm³/mol. The van der Waals surface area contributed by atoms with Gasteiger partial charge in [-0.1, -0.05) is 26.2 Å². The predicted octanol–water partition coefficient (Wildman–Crippen LogP) is 3.08. The van der Waals surface area contributed by atoms with Crippen LogP contribution in [0.4, 0.5) is 0 Å². The van der Waals surface area contributed by atoms with Gasteiger partial charge in [-0.15, -0.1) is 0 Å². The molecule has 0 aliphatic heterocycles. The zero-order chi connectivity index (χ0) is 9.31. The molecule has 13 heavy (non-hydrogen) atoms. The summed E-state index contributed by atoms with van der Waals surface area (Å²) in [7, 11) is 0. The van der Waals surface area contributed by atoms with Gasteiger partial charge in [-0.25, -0.2) is 0 Å². The van der Waals surface area contributed by atoms with E-state index in [1.807, 2.05) is 0 Å². The number of rotatable bonds is 3. The zero-order valence-corrected chi connectivity index (χ0v) is 8.89. The first kappa shape index (κ1) is 9.51. The molecule has 1 nitrogen and oxygen atoms in total. The fraction of sp³-hybridized carbons (Fsp3) is 1.00. The Bertz CT molecular complexity index is 166. The summed E-state index contributed by atoms with van der Waals surface area (Å²) < 4.78 is 0. The Labute approximate surface area is 82.1 Å².